The largest absolute Gasteiger partial charge is 0.309 e. The van der Waals surface area contributed by atoms with Gasteiger partial charge in [-0.1, -0.05) is 379 Å². The van der Waals surface area contributed by atoms with E-state index < -0.39 is 30.1 Å². The molecule has 14 aromatic carbocycles. The van der Waals surface area contributed by atoms with Crippen LogP contribution in [0.5, 0.6) is 0 Å². The smallest absolute Gasteiger partial charge is 0.0645 e. The van der Waals surface area contributed by atoms with Crippen molar-refractivity contribution in [2.24, 2.45) is 0 Å². The molecule has 18 rings (SSSR count). The van der Waals surface area contributed by atoms with Crippen LogP contribution in [0.4, 0.5) is 34.1 Å². The second-order valence-corrected chi connectivity index (χ2v) is 38.4. The van der Waals surface area contributed by atoms with E-state index in [-0.39, 0.29) is 84.4 Å². The number of rotatable bonds is 9. The maximum atomic E-state index is 10.0. The van der Waals surface area contributed by atoms with Crippen molar-refractivity contribution in [1.82, 2.24) is 4.57 Å². The summed E-state index contributed by atoms with van der Waals surface area (Å²) < 4.78 is 78.5. The first kappa shape index (κ1) is 64.9. The third kappa shape index (κ3) is 12.8. The van der Waals surface area contributed by atoms with Crippen LogP contribution in [0.25, 0.3) is 83.1 Å². The number of hydrogen-bond donors (Lipinski definition) is 0. The van der Waals surface area contributed by atoms with Gasteiger partial charge in [-0.3, -0.25) is 0 Å². The van der Waals surface area contributed by atoms with Gasteiger partial charge < -0.3 is 14.4 Å². The molecule has 0 fully saturated rings. The van der Waals surface area contributed by atoms with Crippen LogP contribution in [-0.4, -0.2) is 4.57 Å². The summed E-state index contributed by atoms with van der Waals surface area (Å²) in [6.45, 7) is 41.0. The Labute approximate surface area is 688 Å². The van der Waals surface area contributed by atoms with E-state index in [4.69, 9.17) is 0 Å². The highest BCUT2D eigenvalue weighted by Crippen LogP contribution is 2.65. The number of hydrogen-bond acceptors (Lipinski definition) is 2. The lowest BCUT2D eigenvalue weighted by atomic mass is 9.71. The Balaban J connectivity index is 1.07. The lowest BCUT2D eigenvalue weighted by Crippen LogP contribution is -2.31. The van der Waals surface area contributed by atoms with Gasteiger partial charge in [0.25, 0.3) is 0 Å². The Hall–Kier alpha value is -11.5. The molecule has 15 aromatic rings. The molecule has 0 bridgehead atoms. The molecule has 3 nitrogen and oxygen atoms in total. The average molecular weight is 1490 g/mol. The van der Waals surface area contributed by atoms with E-state index in [2.05, 4.69) is 377 Å². The molecular weight excluding hydrogens is 1380 g/mol. The summed E-state index contributed by atoms with van der Waals surface area (Å²) in [7, 11) is 0. The molecule has 1 unspecified atom stereocenters. The van der Waals surface area contributed by atoms with Crippen LogP contribution in [0.1, 0.15) is 225 Å². The fourth-order valence-electron chi connectivity index (χ4n) is 18.1. The highest BCUT2D eigenvalue weighted by molar-refractivity contribution is 6.11. The van der Waals surface area contributed by atoms with E-state index in [1.807, 2.05) is 6.07 Å². The van der Waals surface area contributed by atoms with Gasteiger partial charge in [0.05, 0.1) is 56.1 Å². The molecule has 0 radical (unpaired) electrons. The summed E-state index contributed by atoms with van der Waals surface area (Å²) in [5.74, 6) is -0.825. The molecular formula is C111H107N3. The summed E-state index contributed by atoms with van der Waals surface area (Å²) in [5, 5.41) is 0.0278. The Morgan fingerprint density at radius 1 is 0.281 bits per heavy atom. The first-order valence-corrected chi connectivity index (χ1v) is 40.7. The highest BCUT2D eigenvalue weighted by Gasteiger charge is 2.45. The fraction of sp³-hybridized carbons (Fsp3) is 0.243. The lowest BCUT2D eigenvalue weighted by molar-refractivity contribution is 0.569. The van der Waals surface area contributed by atoms with Crippen molar-refractivity contribution >= 4 is 55.9 Å². The van der Waals surface area contributed by atoms with Crippen LogP contribution in [-0.2, 0) is 38.9 Å². The SMILES string of the molecule is [2H]c1c([2H])c([2H])c2c(c1[2H])c1c([2H])c([2H])c([2H])c([2H])c1n2-c1ccc2c(c1)N(c1c(-c3ccc(C(C)(C)C)cc3)cccc1-c1ccc(C(C)(C)C)cc1)c1cc(C3c4ccccc4Cc4ccccc43)cc3c1C2c1ccc(-c2cc(C(C)(C)C)cc(C(C)(C)C)c2)cc1N3c1c(-c2ccc(C(C)(C)C)cc2)cccc1-c1ccc(C(C)(C)C)cc1. The molecule has 1 aromatic heterocycles. The van der Waals surface area contributed by atoms with Crippen LogP contribution in [0.3, 0.4) is 0 Å². The van der Waals surface area contributed by atoms with Gasteiger partial charge in [-0.25, -0.2) is 0 Å². The standard InChI is InChI=1S/C111H107N3/c1-106(2,3)78-50-41-69(42-51-78)87-35-27-36-88(70-43-52-79(53-44-70)107(4,5)6)104(87)113-97-64-73(76-62-82(110(13,14)15)67-83(63-76)111(16,17)18)49-59-93(97)102-94-60-58-84(112-95-39-25-23-33-91(95)92-34-24-26-40-96(92)112)68-98(94)114(100-66-77(65-99(113)103(100)102)101-85-31-21-19-29-74(85)61-75-30-20-22-32-86(75)101)105-89(71-45-54-80(55-46-71)108(7,8)9)37-28-38-90(105)72-47-56-81(57-48-72)109(10,11)12/h19-60,62-68,101-102H,61H2,1-18H3/i23D,24D,25D,26D,33D,34D,39D,40D. The minimum Gasteiger partial charge on any atom is -0.309 e. The van der Waals surface area contributed by atoms with Gasteiger partial charge in [0, 0.05) is 56.1 Å². The summed E-state index contributed by atoms with van der Waals surface area (Å²) >= 11 is 0. The second-order valence-electron chi connectivity index (χ2n) is 38.4. The molecule has 0 saturated heterocycles. The third-order valence-corrected chi connectivity index (χ3v) is 24.6. The topological polar surface area (TPSA) is 11.4 Å². The van der Waals surface area contributed by atoms with Crippen molar-refractivity contribution in [3.63, 3.8) is 0 Å². The summed E-state index contributed by atoms with van der Waals surface area (Å²) in [6, 6.07) is 90.7. The summed E-state index contributed by atoms with van der Waals surface area (Å²) in [5.41, 5.74) is 31.9. The van der Waals surface area contributed by atoms with Crippen LogP contribution in [0, 0.1) is 0 Å². The van der Waals surface area contributed by atoms with Crippen molar-refractivity contribution in [2.45, 2.75) is 175 Å². The van der Waals surface area contributed by atoms with Gasteiger partial charge in [-0.15, -0.1) is 0 Å². The third-order valence-electron chi connectivity index (χ3n) is 24.6. The summed E-state index contributed by atoms with van der Waals surface area (Å²) in [4.78, 5) is 5.18. The Kier molecular flexibility index (Phi) is 15.4. The van der Waals surface area contributed by atoms with Crippen LogP contribution in [0.15, 0.2) is 297 Å². The van der Waals surface area contributed by atoms with Gasteiger partial charge >= 0.3 is 0 Å². The minimum atomic E-state index is -0.528. The van der Waals surface area contributed by atoms with Crippen LogP contribution >= 0.6 is 0 Å². The Morgan fingerprint density at radius 3 is 1.02 bits per heavy atom. The maximum absolute atomic E-state index is 10.0. The first-order chi connectivity index (χ1) is 57.6. The van der Waals surface area contributed by atoms with Crippen LogP contribution < -0.4 is 9.80 Å². The number of anilines is 6. The second kappa shape index (κ2) is 27.1. The summed E-state index contributed by atoms with van der Waals surface area (Å²) in [6.07, 6.45) is 0.764. The van der Waals surface area contributed by atoms with Gasteiger partial charge in [0.1, 0.15) is 0 Å². The number of benzene rings is 14. The van der Waals surface area contributed by atoms with Gasteiger partial charge in [0.2, 0.25) is 0 Å². The Morgan fingerprint density at radius 2 is 0.632 bits per heavy atom. The molecule has 0 N–H and O–H groups in total. The number of para-hydroxylation sites is 4. The van der Waals surface area contributed by atoms with Crippen molar-refractivity contribution in [1.29, 1.82) is 0 Å². The normalized spacial score (nSPS) is 15.4. The highest BCUT2D eigenvalue weighted by atomic mass is 15.2. The molecule has 2 aliphatic heterocycles. The Bertz CT molecular complexity index is 6500. The molecule has 1 atom stereocenters. The fourth-order valence-corrected chi connectivity index (χ4v) is 18.1. The molecule has 1 aliphatic carbocycles. The number of aromatic nitrogens is 1. The van der Waals surface area contributed by atoms with E-state index in [1.165, 1.54) is 55.6 Å². The predicted molar refractivity (Wildman–Crippen MR) is 487 cm³/mol. The van der Waals surface area contributed by atoms with Crippen molar-refractivity contribution < 1.29 is 11.0 Å². The maximum Gasteiger partial charge on any atom is 0.0645 e. The van der Waals surface area contributed by atoms with E-state index in [0.717, 1.165) is 118 Å². The average Bonchev–Trinajstić information content (AvgIpc) is 0.885. The predicted octanol–water partition coefficient (Wildman–Crippen LogP) is 30.7. The van der Waals surface area contributed by atoms with Crippen molar-refractivity contribution in [3.8, 4) is 61.3 Å². The molecule has 3 aliphatic rings. The lowest BCUT2D eigenvalue weighted by Gasteiger charge is -2.47. The molecule has 3 heterocycles. The zero-order chi connectivity index (χ0) is 86.4. The van der Waals surface area contributed by atoms with E-state index in [1.54, 1.807) is 4.57 Å². The zero-order valence-electron chi connectivity index (χ0n) is 77.4. The molecule has 566 valence electrons. The van der Waals surface area contributed by atoms with Crippen molar-refractivity contribution in [2.75, 3.05) is 9.80 Å². The number of fused-ring (bicyclic) bond motifs is 9. The van der Waals surface area contributed by atoms with Crippen molar-refractivity contribution in [3.05, 3.63) is 375 Å². The van der Waals surface area contributed by atoms with Crippen LogP contribution in [0.2, 0.25) is 0 Å². The van der Waals surface area contributed by atoms with E-state index >= 15 is 0 Å². The van der Waals surface area contributed by atoms with Gasteiger partial charge in [0.15, 0.2) is 0 Å². The van der Waals surface area contributed by atoms with Gasteiger partial charge in [-0.2, -0.15) is 0 Å². The van der Waals surface area contributed by atoms with E-state index in [9.17, 15) is 11.0 Å². The van der Waals surface area contributed by atoms with E-state index in [0.29, 0.717) is 5.69 Å². The number of nitrogens with zero attached hydrogens (tertiary/aromatic N) is 3. The molecule has 0 spiro atoms. The quantitative estimate of drug-likeness (QED) is 0.143. The zero-order valence-corrected chi connectivity index (χ0v) is 69.4. The van der Waals surface area contributed by atoms with Gasteiger partial charge in [-0.05, 0) is 187 Å². The molecule has 3 heteroatoms. The first-order valence-electron chi connectivity index (χ1n) is 44.7. The molecule has 0 amide bonds. The molecule has 0 saturated carbocycles. The molecule has 114 heavy (non-hydrogen) atoms. The minimum absolute atomic E-state index is 0.0139. The monoisotopic (exact) mass is 1490 g/mol.